The summed E-state index contributed by atoms with van der Waals surface area (Å²) in [5.41, 5.74) is 2.32. The van der Waals surface area contributed by atoms with Crippen LogP contribution in [0.15, 0.2) is 54.9 Å². The van der Waals surface area contributed by atoms with Crippen molar-refractivity contribution in [2.24, 2.45) is 0 Å². The zero-order chi connectivity index (χ0) is 20.4. The molecule has 4 aromatic rings. The van der Waals surface area contributed by atoms with E-state index in [1.807, 2.05) is 6.07 Å². The summed E-state index contributed by atoms with van der Waals surface area (Å²) in [6.07, 6.45) is 1.50. The van der Waals surface area contributed by atoms with Crippen LogP contribution < -0.4 is 5.32 Å². The van der Waals surface area contributed by atoms with Gasteiger partial charge in [0.05, 0.1) is 22.3 Å². The van der Waals surface area contributed by atoms with Crippen molar-refractivity contribution in [1.29, 1.82) is 0 Å². The topological polar surface area (TPSA) is 88.5 Å². The molecule has 0 aliphatic carbocycles. The lowest BCUT2D eigenvalue weighted by Crippen LogP contribution is -2.14. The standard InChI is InChI=1S/C19H13Cl2FN6O/c20-14-6-1-11(7-15(14)21)9-28-10-23-19(27-28)24-18(29)17-8-16(25-26-17)12-2-4-13(22)5-3-12/h1-8,10H,9H2,(H,25,26)(H,24,27,29). The Hall–Kier alpha value is -3.23. The first-order valence-electron chi connectivity index (χ1n) is 8.44. The molecule has 0 aliphatic heterocycles. The number of nitrogens with zero attached hydrogens (tertiary/aromatic N) is 4. The fraction of sp³-hybridized carbons (Fsp3) is 0.0526. The molecule has 4 rings (SSSR count). The first-order valence-corrected chi connectivity index (χ1v) is 9.19. The number of halogens is 3. The monoisotopic (exact) mass is 430 g/mol. The van der Waals surface area contributed by atoms with Crippen molar-refractivity contribution in [3.05, 3.63) is 82.0 Å². The van der Waals surface area contributed by atoms with Crippen LogP contribution in [0.3, 0.4) is 0 Å². The summed E-state index contributed by atoms with van der Waals surface area (Å²) < 4.78 is 14.6. The largest absolute Gasteiger partial charge is 0.288 e. The molecule has 0 saturated heterocycles. The van der Waals surface area contributed by atoms with Crippen molar-refractivity contribution in [3.8, 4) is 11.3 Å². The molecule has 1 amide bonds. The van der Waals surface area contributed by atoms with E-state index in [9.17, 15) is 9.18 Å². The molecular formula is C19H13Cl2FN6O. The van der Waals surface area contributed by atoms with Crippen molar-refractivity contribution in [3.63, 3.8) is 0 Å². The Morgan fingerprint density at radius 2 is 1.90 bits per heavy atom. The molecule has 0 unspecified atom stereocenters. The van der Waals surface area contributed by atoms with Gasteiger partial charge in [0.25, 0.3) is 5.91 Å². The Balaban J connectivity index is 1.42. The third kappa shape index (κ3) is 4.44. The smallest absolute Gasteiger partial charge is 0.276 e. The van der Waals surface area contributed by atoms with Crippen molar-refractivity contribution >= 4 is 35.1 Å². The predicted molar refractivity (Wildman–Crippen MR) is 108 cm³/mol. The fourth-order valence-electron chi connectivity index (χ4n) is 2.63. The van der Waals surface area contributed by atoms with Gasteiger partial charge in [0, 0.05) is 5.56 Å². The molecule has 7 nitrogen and oxygen atoms in total. The molecule has 0 bridgehead atoms. The Labute approximate surface area is 174 Å². The number of amides is 1. The van der Waals surface area contributed by atoms with E-state index in [1.165, 1.54) is 18.5 Å². The molecule has 10 heteroatoms. The molecule has 2 heterocycles. The van der Waals surface area contributed by atoms with E-state index in [-0.39, 0.29) is 17.5 Å². The maximum absolute atomic E-state index is 13.0. The maximum Gasteiger partial charge on any atom is 0.276 e. The van der Waals surface area contributed by atoms with Crippen molar-refractivity contribution in [2.75, 3.05) is 5.32 Å². The van der Waals surface area contributed by atoms with Gasteiger partial charge in [0.15, 0.2) is 0 Å². The number of aromatic amines is 1. The number of rotatable bonds is 5. The number of anilines is 1. The lowest BCUT2D eigenvalue weighted by Gasteiger charge is -2.03. The van der Waals surface area contributed by atoms with Gasteiger partial charge in [-0.3, -0.25) is 15.2 Å². The minimum Gasteiger partial charge on any atom is -0.288 e. The highest BCUT2D eigenvalue weighted by molar-refractivity contribution is 6.42. The third-order valence-electron chi connectivity index (χ3n) is 4.05. The molecule has 2 aromatic carbocycles. The number of nitrogens with one attached hydrogen (secondary N) is 2. The van der Waals surface area contributed by atoms with Crippen molar-refractivity contribution in [1.82, 2.24) is 25.0 Å². The highest BCUT2D eigenvalue weighted by Gasteiger charge is 2.13. The van der Waals surface area contributed by atoms with Gasteiger partial charge in [-0.2, -0.15) is 5.10 Å². The van der Waals surface area contributed by atoms with Crippen LogP contribution >= 0.6 is 23.2 Å². The van der Waals surface area contributed by atoms with E-state index in [1.54, 1.807) is 35.0 Å². The normalized spacial score (nSPS) is 10.9. The van der Waals surface area contributed by atoms with E-state index in [2.05, 4.69) is 25.6 Å². The summed E-state index contributed by atoms with van der Waals surface area (Å²) in [6.45, 7) is 0.415. The predicted octanol–water partition coefficient (Wildman–Crippen LogP) is 4.41. The van der Waals surface area contributed by atoms with Gasteiger partial charge in [0.1, 0.15) is 17.8 Å². The number of carbonyl (C=O) groups excluding carboxylic acids is 1. The van der Waals surface area contributed by atoms with E-state index in [0.29, 0.717) is 27.8 Å². The van der Waals surface area contributed by atoms with Gasteiger partial charge in [-0.15, -0.1) is 5.10 Å². The molecule has 146 valence electrons. The van der Waals surface area contributed by atoms with E-state index < -0.39 is 5.91 Å². The van der Waals surface area contributed by atoms with Crippen LogP contribution in [0.1, 0.15) is 16.1 Å². The van der Waals surface area contributed by atoms with Crippen LogP contribution in [0.25, 0.3) is 11.3 Å². The van der Waals surface area contributed by atoms with Crippen molar-refractivity contribution in [2.45, 2.75) is 6.54 Å². The van der Waals surface area contributed by atoms with Crippen LogP contribution in [0, 0.1) is 5.82 Å². The van der Waals surface area contributed by atoms with Crippen molar-refractivity contribution < 1.29 is 9.18 Å². The number of H-pyrrole nitrogens is 1. The van der Waals surface area contributed by atoms with Crippen LogP contribution in [0.2, 0.25) is 10.0 Å². The number of benzene rings is 2. The lowest BCUT2D eigenvalue weighted by atomic mass is 10.1. The molecule has 0 radical (unpaired) electrons. The summed E-state index contributed by atoms with van der Waals surface area (Å²) in [7, 11) is 0. The van der Waals surface area contributed by atoms with Crippen LogP contribution in [-0.2, 0) is 6.54 Å². The van der Waals surface area contributed by atoms with E-state index in [4.69, 9.17) is 23.2 Å². The van der Waals surface area contributed by atoms with Crippen LogP contribution in [0.5, 0.6) is 0 Å². The Kier molecular flexibility index (Phi) is 5.28. The van der Waals surface area contributed by atoms with E-state index >= 15 is 0 Å². The Morgan fingerprint density at radius 1 is 1.10 bits per heavy atom. The minimum atomic E-state index is -0.446. The number of hydrogen-bond donors (Lipinski definition) is 2. The molecule has 0 spiro atoms. The second-order valence-electron chi connectivity index (χ2n) is 6.14. The van der Waals surface area contributed by atoms with Gasteiger partial charge in [0.2, 0.25) is 5.95 Å². The summed E-state index contributed by atoms with van der Waals surface area (Å²) in [4.78, 5) is 16.5. The molecule has 29 heavy (non-hydrogen) atoms. The van der Waals surface area contributed by atoms with Gasteiger partial charge < -0.3 is 0 Å². The first-order chi connectivity index (χ1) is 14.0. The van der Waals surface area contributed by atoms with Crippen LogP contribution in [-0.4, -0.2) is 30.9 Å². The molecule has 0 aliphatic rings. The van der Waals surface area contributed by atoms with Gasteiger partial charge in [-0.1, -0.05) is 29.3 Å². The minimum absolute atomic E-state index is 0.146. The SMILES string of the molecule is O=C(Nc1ncn(Cc2ccc(Cl)c(Cl)c2)n1)c1cc(-c2ccc(F)cc2)n[nH]1. The molecule has 2 aromatic heterocycles. The van der Waals surface area contributed by atoms with E-state index in [0.717, 1.165) is 5.56 Å². The average molecular weight is 431 g/mol. The fourth-order valence-corrected chi connectivity index (χ4v) is 2.95. The molecule has 2 N–H and O–H groups in total. The number of hydrogen-bond acceptors (Lipinski definition) is 4. The molecular weight excluding hydrogens is 418 g/mol. The summed E-state index contributed by atoms with van der Waals surface area (Å²) in [5.74, 6) is -0.643. The van der Waals surface area contributed by atoms with Gasteiger partial charge in [-0.25, -0.2) is 14.1 Å². The zero-order valence-corrected chi connectivity index (χ0v) is 16.2. The van der Waals surface area contributed by atoms with Gasteiger partial charge in [-0.05, 0) is 48.0 Å². The second-order valence-corrected chi connectivity index (χ2v) is 6.96. The van der Waals surface area contributed by atoms with Gasteiger partial charge >= 0.3 is 0 Å². The molecule has 0 atom stereocenters. The zero-order valence-electron chi connectivity index (χ0n) is 14.7. The molecule has 0 fully saturated rings. The molecule has 0 saturated carbocycles. The Morgan fingerprint density at radius 3 is 2.66 bits per heavy atom. The number of aromatic nitrogens is 5. The summed E-state index contributed by atoms with van der Waals surface area (Å²) >= 11 is 11.9. The van der Waals surface area contributed by atoms with Crippen LogP contribution in [0.4, 0.5) is 10.3 Å². The first kappa shape index (κ1) is 19.1. The third-order valence-corrected chi connectivity index (χ3v) is 4.79. The average Bonchev–Trinajstić information content (AvgIpc) is 3.35. The summed E-state index contributed by atoms with van der Waals surface area (Å²) in [6, 6.07) is 12.7. The summed E-state index contributed by atoms with van der Waals surface area (Å²) in [5, 5.41) is 14.5. The Bertz CT molecular complexity index is 1170. The number of carbonyl (C=O) groups is 1. The quantitative estimate of drug-likeness (QED) is 0.490. The maximum atomic E-state index is 13.0. The second kappa shape index (κ2) is 8.02. The lowest BCUT2D eigenvalue weighted by molar-refractivity contribution is 0.102. The highest BCUT2D eigenvalue weighted by atomic mass is 35.5. The highest BCUT2D eigenvalue weighted by Crippen LogP contribution is 2.23.